The van der Waals surface area contributed by atoms with E-state index in [1.807, 2.05) is 18.2 Å². The molecule has 0 saturated heterocycles. The van der Waals surface area contributed by atoms with Crippen molar-refractivity contribution in [2.75, 3.05) is 0 Å². The van der Waals surface area contributed by atoms with E-state index >= 15 is 0 Å². The second kappa shape index (κ2) is 8.94. The van der Waals surface area contributed by atoms with E-state index in [-0.39, 0.29) is 12.1 Å². The lowest BCUT2D eigenvalue weighted by Crippen LogP contribution is -2.28. The number of benzene rings is 2. The first-order valence-corrected chi connectivity index (χ1v) is 9.91. The van der Waals surface area contributed by atoms with Gasteiger partial charge in [0.1, 0.15) is 6.04 Å². The maximum atomic E-state index is 5.35. The number of thioether (sulfide) groups is 1. The standard InChI is InChI=1S/C21H19BrN2S/c1-2-3-5-13-19-20(17-10-6-4-7-11-17)24-21(23-19)25-15-16-9-8-12-18(22)14-16/h1,4-14,19-20H,3,15H2,(H,23,24)/b13-5+/t19-,20+/m0/s1. The first-order valence-electron chi connectivity index (χ1n) is 8.13. The van der Waals surface area contributed by atoms with Crippen molar-refractivity contribution in [3.63, 3.8) is 0 Å². The van der Waals surface area contributed by atoms with E-state index in [9.17, 15) is 0 Å². The molecule has 0 radical (unpaired) electrons. The summed E-state index contributed by atoms with van der Waals surface area (Å²) in [6.07, 6.45) is 10.2. The number of rotatable bonds is 5. The quantitative estimate of drug-likeness (QED) is 0.531. The monoisotopic (exact) mass is 410 g/mol. The number of amidine groups is 1. The normalized spacial score (nSPS) is 19.4. The molecule has 25 heavy (non-hydrogen) atoms. The molecule has 4 heteroatoms. The fourth-order valence-corrected chi connectivity index (χ4v) is 4.03. The Morgan fingerprint density at radius 3 is 2.80 bits per heavy atom. The number of terminal acetylenes is 1. The van der Waals surface area contributed by atoms with E-state index in [2.05, 4.69) is 75.7 Å². The Labute approximate surface area is 162 Å². The number of allylic oxidation sites excluding steroid dienone is 1. The fraction of sp³-hybridized carbons (Fsp3) is 0.190. The van der Waals surface area contributed by atoms with Gasteiger partial charge in [0, 0.05) is 16.6 Å². The van der Waals surface area contributed by atoms with Crippen molar-refractivity contribution in [3.8, 4) is 12.3 Å². The first kappa shape index (κ1) is 17.8. The van der Waals surface area contributed by atoms with Gasteiger partial charge in [0.2, 0.25) is 0 Å². The molecule has 2 aromatic carbocycles. The molecule has 1 N–H and O–H groups in total. The Balaban J connectivity index is 1.72. The second-order valence-electron chi connectivity index (χ2n) is 5.71. The van der Waals surface area contributed by atoms with Crippen LogP contribution in [0.1, 0.15) is 23.6 Å². The minimum atomic E-state index is 0.0835. The van der Waals surface area contributed by atoms with Gasteiger partial charge in [-0.25, -0.2) is 0 Å². The molecular formula is C21H19BrN2S. The SMILES string of the molecule is C#CC/C=C/[C@@H]1NC(SCc2cccc(Br)c2)=N[C@@H]1c1ccccc1. The Morgan fingerprint density at radius 2 is 2.04 bits per heavy atom. The highest BCUT2D eigenvalue weighted by molar-refractivity contribution is 9.10. The third-order valence-electron chi connectivity index (χ3n) is 3.87. The summed E-state index contributed by atoms with van der Waals surface area (Å²) in [5, 5.41) is 4.51. The third kappa shape index (κ3) is 5.01. The summed E-state index contributed by atoms with van der Waals surface area (Å²) >= 11 is 5.25. The molecule has 0 bridgehead atoms. The molecule has 2 aromatic rings. The summed E-state index contributed by atoms with van der Waals surface area (Å²) in [4.78, 5) is 4.91. The summed E-state index contributed by atoms with van der Waals surface area (Å²) < 4.78 is 1.10. The topological polar surface area (TPSA) is 24.4 Å². The minimum absolute atomic E-state index is 0.0835. The molecule has 3 rings (SSSR count). The van der Waals surface area contributed by atoms with Crippen molar-refractivity contribution in [2.45, 2.75) is 24.3 Å². The van der Waals surface area contributed by atoms with Crippen molar-refractivity contribution < 1.29 is 0 Å². The molecule has 0 amide bonds. The molecule has 0 spiro atoms. The number of halogens is 1. The van der Waals surface area contributed by atoms with E-state index in [0.717, 1.165) is 15.4 Å². The summed E-state index contributed by atoms with van der Waals surface area (Å²) in [7, 11) is 0. The molecule has 0 unspecified atom stereocenters. The van der Waals surface area contributed by atoms with Crippen molar-refractivity contribution in [3.05, 3.63) is 82.3 Å². The van der Waals surface area contributed by atoms with Crippen LogP contribution in [0, 0.1) is 12.3 Å². The Morgan fingerprint density at radius 1 is 1.20 bits per heavy atom. The van der Waals surface area contributed by atoms with Gasteiger partial charge in [-0.1, -0.05) is 82.3 Å². The fourth-order valence-electron chi connectivity index (χ4n) is 2.69. The van der Waals surface area contributed by atoms with Crippen molar-refractivity contribution in [1.82, 2.24) is 5.32 Å². The molecule has 0 aliphatic carbocycles. The van der Waals surface area contributed by atoms with Crippen LogP contribution in [0.15, 0.2) is 76.2 Å². The number of hydrogen-bond donors (Lipinski definition) is 1. The molecule has 0 saturated carbocycles. The van der Waals surface area contributed by atoms with Crippen molar-refractivity contribution in [1.29, 1.82) is 0 Å². The van der Waals surface area contributed by atoms with Gasteiger partial charge in [-0.3, -0.25) is 4.99 Å². The second-order valence-corrected chi connectivity index (χ2v) is 7.59. The highest BCUT2D eigenvalue weighted by Gasteiger charge is 2.27. The Bertz CT molecular complexity index is 808. The van der Waals surface area contributed by atoms with Crippen LogP contribution in [0.5, 0.6) is 0 Å². The van der Waals surface area contributed by atoms with Crippen molar-refractivity contribution in [2.24, 2.45) is 4.99 Å². The Hall–Kier alpha value is -1.96. The summed E-state index contributed by atoms with van der Waals surface area (Å²) in [6.45, 7) is 0. The van der Waals surface area contributed by atoms with Crippen LogP contribution >= 0.6 is 27.7 Å². The molecule has 0 fully saturated rings. The lowest BCUT2D eigenvalue weighted by Gasteiger charge is -2.15. The van der Waals surface area contributed by atoms with Crippen LogP contribution in [0.3, 0.4) is 0 Å². The summed E-state index contributed by atoms with van der Waals surface area (Å²) in [5.74, 6) is 3.53. The van der Waals surface area contributed by atoms with Crippen molar-refractivity contribution >= 4 is 32.9 Å². The molecule has 1 aliphatic rings. The predicted molar refractivity (Wildman–Crippen MR) is 112 cm³/mol. The highest BCUT2D eigenvalue weighted by Crippen LogP contribution is 2.30. The zero-order valence-corrected chi connectivity index (χ0v) is 16.1. The largest absolute Gasteiger partial charge is 0.356 e. The van der Waals surface area contributed by atoms with Crippen LogP contribution in [-0.2, 0) is 5.75 Å². The van der Waals surface area contributed by atoms with Gasteiger partial charge in [-0.05, 0) is 23.3 Å². The molecule has 126 valence electrons. The van der Waals surface area contributed by atoms with Gasteiger partial charge in [0.05, 0.1) is 6.04 Å². The highest BCUT2D eigenvalue weighted by atomic mass is 79.9. The summed E-state index contributed by atoms with van der Waals surface area (Å²) in [5.41, 5.74) is 2.48. The maximum absolute atomic E-state index is 5.35. The number of hydrogen-bond acceptors (Lipinski definition) is 3. The van der Waals surface area contributed by atoms with Gasteiger partial charge >= 0.3 is 0 Å². The lowest BCUT2D eigenvalue weighted by atomic mass is 10.0. The summed E-state index contributed by atoms with van der Waals surface area (Å²) in [6, 6.07) is 19.0. The number of nitrogens with one attached hydrogen (secondary N) is 1. The average molecular weight is 411 g/mol. The minimum Gasteiger partial charge on any atom is -0.356 e. The molecule has 2 atom stereocenters. The smallest absolute Gasteiger partial charge is 0.158 e. The number of aliphatic imine (C=N–C) groups is 1. The van der Waals surface area contributed by atoms with Gasteiger partial charge in [0.15, 0.2) is 5.17 Å². The van der Waals surface area contributed by atoms with E-state index in [1.54, 1.807) is 11.8 Å². The maximum Gasteiger partial charge on any atom is 0.158 e. The zero-order valence-electron chi connectivity index (χ0n) is 13.7. The van der Waals surface area contributed by atoms with E-state index in [0.29, 0.717) is 6.42 Å². The van der Waals surface area contributed by atoms with Crippen LogP contribution in [0.25, 0.3) is 0 Å². The van der Waals surface area contributed by atoms with Gasteiger partial charge < -0.3 is 5.32 Å². The third-order valence-corrected chi connectivity index (χ3v) is 5.34. The van der Waals surface area contributed by atoms with Crippen LogP contribution in [0.4, 0.5) is 0 Å². The molecule has 2 nitrogen and oxygen atoms in total. The van der Waals surface area contributed by atoms with E-state index in [4.69, 9.17) is 11.4 Å². The molecular weight excluding hydrogens is 392 g/mol. The van der Waals surface area contributed by atoms with Crippen LogP contribution in [-0.4, -0.2) is 11.2 Å². The van der Waals surface area contributed by atoms with Gasteiger partial charge in [-0.15, -0.1) is 12.3 Å². The van der Waals surface area contributed by atoms with Gasteiger partial charge in [0.25, 0.3) is 0 Å². The van der Waals surface area contributed by atoms with Crippen LogP contribution < -0.4 is 5.32 Å². The van der Waals surface area contributed by atoms with E-state index < -0.39 is 0 Å². The first-order chi connectivity index (χ1) is 12.3. The molecule has 0 aromatic heterocycles. The van der Waals surface area contributed by atoms with Gasteiger partial charge in [-0.2, -0.15) is 0 Å². The zero-order chi connectivity index (χ0) is 17.5. The van der Waals surface area contributed by atoms with Crippen LogP contribution in [0.2, 0.25) is 0 Å². The molecule has 1 aliphatic heterocycles. The predicted octanol–water partition coefficient (Wildman–Crippen LogP) is 5.33. The molecule has 1 heterocycles. The average Bonchev–Trinajstić information content (AvgIpc) is 3.04. The number of nitrogens with zero attached hydrogens (tertiary/aromatic N) is 1. The lowest BCUT2D eigenvalue weighted by molar-refractivity contribution is 0.638. The van der Waals surface area contributed by atoms with E-state index in [1.165, 1.54) is 11.1 Å². The Kier molecular flexibility index (Phi) is 6.38.